The first kappa shape index (κ1) is 21.4. The Morgan fingerprint density at radius 3 is 2.68 bits per heavy atom. The highest BCUT2D eigenvalue weighted by Crippen LogP contribution is 2.33. The average molecular weight is 446 g/mol. The normalized spacial score (nSPS) is 16.7. The molecule has 9 heteroatoms. The van der Waals surface area contributed by atoms with Crippen molar-refractivity contribution in [3.05, 3.63) is 59.6 Å². The fourth-order valence-corrected chi connectivity index (χ4v) is 3.95. The van der Waals surface area contributed by atoms with Crippen LogP contribution in [0.2, 0.25) is 5.02 Å². The number of hydrogen-bond donors (Lipinski definition) is 1. The van der Waals surface area contributed by atoms with Crippen LogP contribution in [-0.2, 0) is 11.3 Å². The molecule has 0 radical (unpaired) electrons. The largest absolute Gasteiger partial charge is 0.350 e. The van der Waals surface area contributed by atoms with Gasteiger partial charge in [-0.1, -0.05) is 23.7 Å². The molecule has 1 aromatic carbocycles. The predicted octanol–water partition coefficient (Wildman–Crippen LogP) is 4.02. The molecule has 1 fully saturated rings. The van der Waals surface area contributed by atoms with Crippen molar-refractivity contribution in [2.75, 3.05) is 20.1 Å². The molecule has 1 aliphatic rings. The molecule has 162 valence electrons. The van der Waals surface area contributed by atoms with Crippen LogP contribution in [0.15, 0.2) is 48.9 Å². The number of benzene rings is 1. The van der Waals surface area contributed by atoms with Crippen molar-refractivity contribution in [1.82, 2.24) is 24.8 Å². The fourth-order valence-electron chi connectivity index (χ4n) is 3.82. The summed E-state index contributed by atoms with van der Waals surface area (Å²) in [5.74, 6) is -0.148. The van der Waals surface area contributed by atoms with Gasteiger partial charge < -0.3 is 14.8 Å². The molecule has 31 heavy (non-hydrogen) atoms. The predicted molar refractivity (Wildman–Crippen MR) is 115 cm³/mol. The summed E-state index contributed by atoms with van der Waals surface area (Å²) >= 11 is 6.00. The second-order valence-corrected chi connectivity index (χ2v) is 8.10. The number of aromatic nitrogens is 3. The quantitative estimate of drug-likeness (QED) is 0.622. The number of halogens is 3. The van der Waals surface area contributed by atoms with Gasteiger partial charge in [0, 0.05) is 34.9 Å². The van der Waals surface area contributed by atoms with Crippen molar-refractivity contribution in [1.29, 1.82) is 0 Å². The minimum Gasteiger partial charge on any atom is -0.350 e. The zero-order valence-electron chi connectivity index (χ0n) is 16.9. The van der Waals surface area contributed by atoms with E-state index in [1.54, 1.807) is 29.1 Å². The van der Waals surface area contributed by atoms with E-state index in [9.17, 15) is 13.6 Å². The highest BCUT2D eigenvalue weighted by molar-refractivity contribution is 6.30. The number of alkyl halides is 2. The number of amides is 1. The summed E-state index contributed by atoms with van der Waals surface area (Å²) in [5, 5.41) is 3.62. The lowest BCUT2D eigenvalue weighted by molar-refractivity contribution is -0.122. The monoisotopic (exact) mass is 445 g/mol. The van der Waals surface area contributed by atoms with Crippen LogP contribution in [0.4, 0.5) is 8.78 Å². The van der Waals surface area contributed by atoms with Gasteiger partial charge in [-0.05, 0) is 44.3 Å². The van der Waals surface area contributed by atoms with Gasteiger partial charge in [0.15, 0.2) is 0 Å². The van der Waals surface area contributed by atoms with E-state index in [1.807, 2.05) is 19.2 Å². The standard InChI is InChI=1S/C22H22ClF2N5O/c1-29-9-7-17(11-29)28-19(31)12-30-13-27-20(14-2-4-16(23)5-3-14)21(30)15-6-8-26-18(10-15)22(24)25/h2-6,8,10,13,17,22H,7,9,11-12H2,1H3,(H,28,31)/t17-/m0/s1. The zero-order valence-corrected chi connectivity index (χ0v) is 17.7. The highest BCUT2D eigenvalue weighted by atomic mass is 35.5. The van der Waals surface area contributed by atoms with Gasteiger partial charge in [-0.25, -0.2) is 13.8 Å². The molecular formula is C22H22ClF2N5O. The Morgan fingerprint density at radius 2 is 2.00 bits per heavy atom. The van der Waals surface area contributed by atoms with Crippen LogP contribution in [-0.4, -0.2) is 51.5 Å². The summed E-state index contributed by atoms with van der Waals surface area (Å²) in [4.78, 5) is 23.1. The molecule has 1 amide bonds. The van der Waals surface area contributed by atoms with Gasteiger partial charge in [0.1, 0.15) is 12.2 Å². The van der Waals surface area contributed by atoms with E-state index >= 15 is 0 Å². The molecule has 1 aliphatic heterocycles. The molecule has 0 aliphatic carbocycles. The average Bonchev–Trinajstić information content (AvgIpc) is 3.34. The van der Waals surface area contributed by atoms with Crippen molar-refractivity contribution in [3.63, 3.8) is 0 Å². The Bertz CT molecular complexity index is 1070. The number of hydrogen-bond acceptors (Lipinski definition) is 4. The first-order valence-electron chi connectivity index (χ1n) is 9.94. The number of carbonyl (C=O) groups excluding carboxylic acids is 1. The molecule has 0 bridgehead atoms. The smallest absolute Gasteiger partial charge is 0.280 e. The van der Waals surface area contributed by atoms with Gasteiger partial charge in [0.05, 0.1) is 17.7 Å². The minimum absolute atomic E-state index is 0.0302. The molecular weight excluding hydrogens is 424 g/mol. The Hall–Kier alpha value is -2.84. The second kappa shape index (κ2) is 9.11. The summed E-state index contributed by atoms with van der Waals surface area (Å²) in [7, 11) is 2.02. The zero-order chi connectivity index (χ0) is 22.0. The molecule has 2 aromatic heterocycles. The Morgan fingerprint density at radius 1 is 1.23 bits per heavy atom. The summed E-state index contributed by atoms with van der Waals surface area (Å²) < 4.78 is 28.2. The molecule has 1 saturated heterocycles. The molecule has 0 saturated carbocycles. The SMILES string of the molecule is CN1CC[C@H](NC(=O)Cn2cnc(-c3ccc(Cl)cc3)c2-c2ccnc(C(F)F)c2)C1. The Labute approximate surface area is 183 Å². The second-order valence-electron chi connectivity index (χ2n) is 7.66. The van der Waals surface area contributed by atoms with Crippen molar-refractivity contribution >= 4 is 17.5 Å². The van der Waals surface area contributed by atoms with E-state index in [-0.39, 0.29) is 24.2 Å². The van der Waals surface area contributed by atoms with Gasteiger partial charge in [0.25, 0.3) is 6.43 Å². The molecule has 0 unspecified atom stereocenters. The van der Waals surface area contributed by atoms with Crippen molar-refractivity contribution in [2.45, 2.75) is 25.4 Å². The molecule has 3 aromatic rings. The van der Waals surface area contributed by atoms with Crippen molar-refractivity contribution < 1.29 is 13.6 Å². The van der Waals surface area contributed by atoms with E-state index in [0.717, 1.165) is 25.1 Å². The molecule has 1 N–H and O–H groups in total. The van der Waals surface area contributed by atoms with E-state index in [1.165, 1.54) is 12.3 Å². The highest BCUT2D eigenvalue weighted by Gasteiger charge is 2.23. The van der Waals surface area contributed by atoms with E-state index in [4.69, 9.17) is 11.6 Å². The maximum Gasteiger partial charge on any atom is 0.280 e. The van der Waals surface area contributed by atoms with Crippen LogP contribution >= 0.6 is 11.6 Å². The maximum atomic E-state index is 13.3. The third-order valence-electron chi connectivity index (χ3n) is 5.30. The molecule has 6 nitrogen and oxygen atoms in total. The number of nitrogens with zero attached hydrogens (tertiary/aromatic N) is 4. The van der Waals surface area contributed by atoms with Crippen LogP contribution in [0.3, 0.4) is 0 Å². The van der Waals surface area contributed by atoms with Gasteiger partial charge in [0.2, 0.25) is 5.91 Å². The summed E-state index contributed by atoms with van der Waals surface area (Å²) in [6.45, 7) is 1.78. The number of imidazole rings is 1. The number of rotatable bonds is 6. The van der Waals surface area contributed by atoms with Crippen molar-refractivity contribution in [2.24, 2.45) is 0 Å². The van der Waals surface area contributed by atoms with Crippen LogP contribution in [0, 0.1) is 0 Å². The third kappa shape index (κ3) is 4.91. The van der Waals surface area contributed by atoms with E-state index in [0.29, 0.717) is 22.0 Å². The number of likely N-dealkylation sites (N-methyl/N-ethyl adjacent to an activating group) is 1. The first-order valence-corrected chi connectivity index (χ1v) is 10.3. The lowest BCUT2D eigenvalue weighted by Gasteiger charge is -2.15. The van der Waals surface area contributed by atoms with Gasteiger partial charge in [-0.2, -0.15) is 0 Å². The maximum absolute atomic E-state index is 13.3. The number of likely N-dealkylation sites (tertiary alicyclic amines) is 1. The van der Waals surface area contributed by atoms with Crippen LogP contribution < -0.4 is 5.32 Å². The summed E-state index contributed by atoms with van der Waals surface area (Å²) in [6.07, 6.45) is 1.10. The lowest BCUT2D eigenvalue weighted by atomic mass is 10.0. The number of nitrogens with one attached hydrogen (secondary N) is 1. The molecule has 0 spiro atoms. The Balaban J connectivity index is 1.69. The number of carbonyl (C=O) groups is 1. The topological polar surface area (TPSA) is 63.1 Å². The molecule has 1 atom stereocenters. The van der Waals surface area contributed by atoms with Gasteiger partial charge in [-0.15, -0.1) is 0 Å². The fraction of sp³-hybridized carbons (Fsp3) is 0.318. The van der Waals surface area contributed by atoms with Gasteiger partial charge in [-0.3, -0.25) is 9.78 Å². The lowest BCUT2D eigenvalue weighted by Crippen LogP contribution is -2.38. The number of pyridine rings is 1. The molecule has 3 heterocycles. The van der Waals surface area contributed by atoms with Crippen LogP contribution in [0.5, 0.6) is 0 Å². The Kier molecular flexibility index (Phi) is 6.29. The first-order chi connectivity index (χ1) is 14.9. The summed E-state index contributed by atoms with van der Waals surface area (Å²) in [5.41, 5.74) is 2.11. The third-order valence-corrected chi connectivity index (χ3v) is 5.56. The van der Waals surface area contributed by atoms with Gasteiger partial charge >= 0.3 is 0 Å². The van der Waals surface area contributed by atoms with Crippen molar-refractivity contribution in [3.8, 4) is 22.5 Å². The van der Waals surface area contributed by atoms with Crippen LogP contribution in [0.1, 0.15) is 18.5 Å². The van der Waals surface area contributed by atoms with E-state index < -0.39 is 6.43 Å². The minimum atomic E-state index is -2.70. The van der Waals surface area contributed by atoms with Crippen LogP contribution in [0.25, 0.3) is 22.5 Å². The van der Waals surface area contributed by atoms with E-state index in [2.05, 4.69) is 20.2 Å². The molecule has 4 rings (SSSR count). The summed E-state index contributed by atoms with van der Waals surface area (Å²) in [6, 6.07) is 10.2.